The minimum atomic E-state index is -0.249. The molecule has 2 aromatic rings. The van der Waals surface area contributed by atoms with Gasteiger partial charge in [-0.3, -0.25) is 0 Å². The summed E-state index contributed by atoms with van der Waals surface area (Å²) in [5.74, 6) is 0.000897. The summed E-state index contributed by atoms with van der Waals surface area (Å²) in [6.45, 7) is 0. The fourth-order valence-electron chi connectivity index (χ4n) is 3.21. The molecule has 92 valence electrons. The topological polar surface area (TPSA) is 38.1 Å². The summed E-state index contributed by atoms with van der Waals surface area (Å²) in [5.41, 5.74) is 2.97. The van der Waals surface area contributed by atoms with Crippen LogP contribution >= 0.6 is 0 Å². The van der Waals surface area contributed by atoms with Crippen molar-refractivity contribution in [2.45, 2.75) is 25.0 Å². The molecule has 1 saturated carbocycles. The van der Waals surface area contributed by atoms with Crippen molar-refractivity contribution in [2.24, 2.45) is 5.92 Å². The van der Waals surface area contributed by atoms with Gasteiger partial charge in [0.2, 0.25) is 0 Å². The largest absolute Gasteiger partial charge is 0.393 e. The van der Waals surface area contributed by atoms with Crippen LogP contribution in [0.3, 0.4) is 0 Å². The van der Waals surface area contributed by atoms with Crippen molar-refractivity contribution in [3.05, 3.63) is 42.1 Å². The summed E-state index contributed by atoms with van der Waals surface area (Å²) in [6, 6.07) is 5.01. The Morgan fingerprint density at radius 3 is 2.94 bits per heavy atom. The number of fused-ring (bicyclic) bond motifs is 3. The maximum atomic E-state index is 13.4. The van der Waals surface area contributed by atoms with Gasteiger partial charge >= 0.3 is 0 Å². The molecule has 0 radical (unpaired) electrons. The van der Waals surface area contributed by atoms with Crippen molar-refractivity contribution in [1.82, 2.24) is 9.55 Å². The highest BCUT2D eigenvalue weighted by Gasteiger charge is 2.42. The van der Waals surface area contributed by atoms with Crippen LogP contribution in [-0.2, 0) is 0 Å². The van der Waals surface area contributed by atoms with Gasteiger partial charge < -0.3 is 9.67 Å². The highest BCUT2D eigenvalue weighted by Crippen LogP contribution is 2.48. The number of hydrogen-bond acceptors (Lipinski definition) is 2. The maximum Gasteiger partial charge on any atom is 0.123 e. The lowest BCUT2D eigenvalue weighted by molar-refractivity contribution is 0.00415. The molecule has 1 aromatic heterocycles. The Kier molecular flexibility index (Phi) is 1.95. The lowest BCUT2D eigenvalue weighted by Gasteiger charge is -2.38. The number of aliphatic hydroxyl groups excluding tert-OH is 1. The van der Waals surface area contributed by atoms with Crippen LogP contribution in [0.5, 0.6) is 0 Å². The quantitative estimate of drug-likeness (QED) is 0.836. The number of hydrogen-bond donors (Lipinski definition) is 1. The van der Waals surface area contributed by atoms with E-state index in [1.54, 1.807) is 18.6 Å². The van der Waals surface area contributed by atoms with Crippen molar-refractivity contribution >= 4 is 0 Å². The van der Waals surface area contributed by atoms with Gasteiger partial charge in [-0.15, -0.1) is 0 Å². The zero-order valence-electron chi connectivity index (χ0n) is 9.75. The van der Waals surface area contributed by atoms with Crippen molar-refractivity contribution in [1.29, 1.82) is 0 Å². The molecule has 0 spiro atoms. The average molecular weight is 244 g/mol. The van der Waals surface area contributed by atoms with Crippen LogP contribution in [0.4, 0.5) is 4.39 Å². The lowest BCUT2D eigenvalue weighted by atomic mass is 9.74. The molecule has 1 aliphatic heterocycles. The van der Waals surface area contributed by atoms with Gasteiger partial charge in [-0.2, -0.15) is 0 Å². The van der Waals surface area contributed by atoms with Gasteiger partial charge in [0.25, 0.3) is 0 Å². The van der Waals surface area contributed by atoms with E-state index >= 15 is 0 Å². The van der Waals surface area contributed by atoms with E-state index in [2.05, 4.69) is 9.55 Å². The molecule has 3 atom stereocenters. The normalized spacial score (nSPS) is 28.7. The SMILES string of the molecule is O[C@H]1CC[C@@H]1C1c2ccc(F)cc2-c2cncn21. The predicted molar refractivity (Wildman–Crippen MR) is 64.5 cm³/mol. The molecule has 0 amide bonds. The van der Waals surface area contributed by atoms with E-state index in [4.69, 9.17) is 0 Å². The fraction of sp³-hybridized carbons (Fsp3) is 0.357. The smallest absolute Gasteiger partial charge is 0.123 e. The molecule has 1 aliphatic carbocycles. The van der Waals surface area contributed by atoms with Gasteiger partial charge in [0, 0.05) is 11.5 Å². The number of imidazole rings is 1. The van der Waals surface area contributed by atoms with Crippen molar-refractivity contribution in [3.63, 3.8) is 0 Å². The number of rotatable bonds is 1. The van der Waals surface area contributed by atoms with Gasteiger partial charge in [-0.25, -0.2) is 9.37 Å². The molecule has 1 fully saturated rings. The molecular formula is C14H13FN2O. The Balaban J connectivity index is 1.91. The average Bonchev–Trinajstić information content (AvgIpc) is 2.91. The van der Waals surface area contributed by atoms with Crippen LogP contribution in [-0.4, -0.2) is 20.8 Å². The Morgan fingerprint density at radius 1 is 1.33 bits per heavy atom. The van der Waals surface area contributed by atoms with Crippen LogP contribution in [0.2, 0.25) is 0 Å². The molecular weight excluding hydrogens is 231 g/mol. The molecule has 0 bridgehead atoms. The zero-order chi connectivity index (χ0) is 12.3. The maximum absolute atomic E-state index is 13.4. The third kappa shape index (κ3) is 1.18. The molecule has 1 unspecified atom stereocenters. The van der Waals surface area contributed by atoms with Crippen molar-refractivity contribution in [3.8, 4) is 11.3 Å². The van der Waals surface area contributed by atoms with Gasteiger partial charge in [-0.05, 0) is 30.5 Å². The number of nitrogens with zero attached hydrogens (tertiary/aromatic N) is 2. The molecule has 1 aromatic carbocycles. The molecule has 1 N–H and O–H groups in total. The standard InChI is InChI=1S/C14H13FN2O/c15-8-1-2-9-11(5-8)12-6-16-7-17(12)14(9)10-3-4-13(10)18/h1-2,5-7,10,13-14,18H,3-4H2/t10-,13-,14?/m0/s1. The third-order valence-corrected chi connectivity index (χ3v) is 4.27. The van der Waals surface area contributed by atoms with E-state index in [0.29, 0.717) is 0 Å². The van der Waals surface area contributed by atoms with E-state index in [-0.39, 0.29) is 23.9 Å². The number of benzene rings is 1. The van der Waals surface area contributed by atoms with Gasteiger partial charge in [0.15, 0.2) is 0 Å². The number of halogens is 1. The summed E-state index contributed by atoms with van der Waals surface area (Å²) >= 11 is 0. The summed E-state index contributed by atoms with van der Waals surface area (Å²) in [5, 5.41) is 9.90. The Labute approximate surface area is 104 Å². The Hall–Kier alpha value is -1.68. The summed E-state index contributed by atoms with van der Waals surface area (Å²) < 4.78 is 15.5. The molecule has 2 heterocycles. The zero-order valence-corrected chi connectivity index (χ0v) is 9.75. The number of aliphatic hydroxyl groups is 1. The highest BCUT2D eigenvalue weighted by atomic mass is 19.1. The second-order valence-corrected chi connectivity index (χ2v) is 5.17. The van der Waals surface area contributed by atoms with Gasteiger partial charge in [-0.1, -0.05) is 6.07 Å². The van der Waals surface area contributed by atoms with Crippen LogP contribution in [0.25, 0.3) is 11.3 Å². The van der Waals surface area contributed by atoms with Crippen LogP contribution in [0.1, 0.15) is 24.4 Å². The van der Waals surface area contributed by atoms with Gasteiger partial charge in [0.1, 0.15) is 5.82 Å². The van der Waals surface area contributed by atoms with Gasteiger partial charge in [0.05, 0.1) is 30.4 Å². The summed E-state index contributed by atoms with van der Waals surface area (Å²) in [6.07, 6.45) is 5.18. The van der Waals surface area contributed by atoms with Crippen LogP contribution in [0.15, 0.2) is 30.7 Å². The summed E-state index contributed by atoms with van der Waals surface area (Å²) in [7, 11) is 0. The molecule has 0 saturated heterocycles. The van der Waals surface area contributed by atoms with E-state index in [9.17, 15) is 9.50 Å². The van der Waals surface area contributed by atoms with E-state index in [1.807, 2.05) is 6.07 Å². The first-order chi connectivity index (χ1) is 8.75. The second kappa shape index (κ2) is 3.42. The predicted octanol–water partition coefficient (Wildman–Crippen LogP) is 2.36. The monoisotopic (exact) mass is 244 g/mol. The third-order valence-electron chi connectivity index (χ3n) is 4.27. The molecule has 3 nitrogen and oxygen atoms in total. The number of aromatic nitrogens is 2. The first-order valence-electron chi connectivity index (χ1n) is 6.25. The minimum Gasteiger partial charge on any atom is -0.393 e. The molecule has 2 aliphatic rings. The molecule has 18 heavy (non-hydrogen) atoms. The van der Waals surface area contributed by atoms with E-state index in [0.717, 1.165) is 29.7 Å². The highest BCUT2D eigenvalue weighted by molar-refractivity contribution is 5.69. The Morgan fingerprint density at radius 2 is 2.22 bits per heavy atom. The van der Waals surface area contributed by atoms with E-state index < -0.39 is 0 Å². The van der Waals surface area contributed by atoms with Crippen molar-refractivity contribution < 1.29 is 9.50 Å². The minimum absolute atomic E-state index is 0.113. The van der Waals surface area contributed by atoms with E-state index in [1.165, 1.54) is 6.07 Å². The summed E-state index contributed by atoms with van der Waals surface area (Å²) in [4.78, 5) is 4.15. The first-order valence-corrected chi connectivity index (χ1v) is 6.25. The Bertz CT molecular complexity index is 622. The molecule has 4 heteroatoms. The first kappa shape index (κ1) is 10.3. The fourth-order valence-corrected chi connectivity index (χ4v) is 3.21. The second-order valence-electron chi connectivity index (χ2n) is 5.17. The lowest BCUT2D eigenvalue weighted by Crippen LogP contribution is -2.37. The van der Waals surface area contributed by atoms with Crippen LogP contribution in [0, 0.1) is 11.7 Å². The molecule has 4 rings (SSSR count). The van der Waals surface area contributed by atoms with Crippen molar-refractivity contribution in [2.75, 3.05) is 0 Å². The van der Waals surface area contributed by atoms with Crippen LogP contribution < -0.4 is 0 Å².